The van der Waals surface area contributed by atoms with E-state index in [0.717, 1.165) is 12.8 Å². The molecule has 1 amide bonds. The van der Waals surface area contributed by atoms with Crippen molar-refractivity contribution < 1.29 is 14.7 Å². The van der Waals surface area contributed by atoms with Crippen molar-refractivity contribution in [2.24, 2.45) is 5.41 Å². The number of hydrogen-bond donors (Lipinski definition) is 1. The summed E-state index contributed by atoms with van der Waals surface area (Å²) in [7, 11) is 1.92. The minimum atomic E-state index is -0.715. The summed E-state index contributed by atoms with van der Waals surface area (Å²) in [4.78, 5) is 27.6. The van der Waals surface area contributed by atoms with E-state index < -0.39 is 11.4 Å². The highest BCUT2D eigenvalue weighted by Crippen LogP contribution is 2.31. The summed E-state index contributed by atoms with van der Waals surface area (Å²) in [5, 5.41) is 9.23. The monoisotopic (exact) mass is 296 g/mol. The van der Waals surface area contributed by atoms with Crippen molar-refractivity contribution >= 4 is 11.9 Å². The molecule has 1 heterocycles. The van der Waals surface area contributed by atoms with Crippen LogP contribution in [0.4, 0.5) is 0 Å². The molecule has 0 radical (unpaired) electrons. The highest BCUT2D eigenvalue weighted by molar-refractivity contribution is 5.78. The minimum Gasteiger partial charge on any atom is -0.481 e. The number of likely N-dealkylation sites (tertiary alicyclic amines) is 1. The predicted molar refractivity (Wildman–Crippen MR) is 81.1 cm³/mol. The first-order valence-electron chi connectivity index (χ1n) is 8.14. The van der Waals surface area contributed by atoms with E-state index in [1.54, 1.807) is 0 Å². The van der Waals surface area contributed by atoms with E-state index in [1.165, 1.54) is 19.3 Å². The summed E-state index contributed by atoms with van der Waals surface area (Å²) in [5.41, 5.74) is -0.616. The molecule has 1 N–H and O–H groups in total. The standard InChI is InChI=1S/C16H28N2O3/c1-16(15(20)21)8-10-18(11-9-16)12-14(19)17(2)13-6-4-3-5-7-13/h13H,3-12H2,1-2H3,(H,20,21). The molecular weight excluding hydrogens is 268 g/mol. The van der Waals surface area contributed by atoms with Crippen molar-refractivity contribution in [1.29, 1.82) is 0 Å². The maximum absolute atomic E-state index is 12.4. The third-order valence-corrected chi connectivity index (χ3v) is 5.35. The van der Waals surface area contributed by atoms with Crippen molar-refractivity contribution in [2.75, 3.05) is 26.7 Å². The van der Waals surface area contributed by atoms with Gasteiger partial charge in [0.1, 0.15) is 0 Å². The van der Waals surface area contributed by atoms with Gasteiger partial charge in [0.05, 0.1) is 12.0 Å². The van der Waals surface area contributed by atoms with Crippen molar-refractivity contribution in [3.63, 3.8) is 0 Å². The molecule has 1 saturated heterocycles. The van der Waals surface area contributed by atoms with Gasteiger partial charge in [-0.15, -0.1) is 0 Å². The number of rotatable bonds is 4. The highest BCUT2D eigenvalue weighted by atomic mass is 16.4. The molecule has 120 valence electrons. The summed E-state index contributed by atoms with van der Waals surface area (Å²) >= 11 is 0. The molecule has 0 atom stereocenters. The van der Waals surface area contributed by atoms with Gasteiger partial charge in [0, 0.05) is 13.1 Å². The van der Waals surface area contributed by atoms with E-state index in [1.807, 2.05) is 18.9 Å². The Morgan fingerprint density at radius 3 is 2.29 bits per heavy atom. The first-order chi connectivity index (χ1) is 9.92. The van der Waals surface area contributed by atoms with Crippen LogP contribution in [-0.4, -0.2) is 59.5 Å². The lowest BCUT2D eigenvalue weighted by atomic mass is 9.80. The molecule has 5 nitrogen and oxygen atoms in total. The van der Waals surface area contributed by atoms with E-state index >= 15 is 0 Å². The zero-order chi connectivity index (χ0) is 15.5. The number of amides is 1. The second kappa shape index (κ2) is 6.77. The second-order valence-electron chi connectivity index (χ2n) is 6.94. The Labute approximate surface area is 127 Å². The normalized spacial score (nSPS) is 23.7. The first kappa shape index (κ1) is 16.3. The van der Waals surface area contributed by atoms with Crippen LogP contribution in [0.25, 0.3) is 0 Å². The van der Waals surface area contributed by atoms with E-state index in [4.69, 9.17) is 0 Å². The zero-order valence-corrected chi connectivity index (χ0v) is 13.3. The topological polar surface area (TPSA) is 60.9 Å². The number of aliphatic carboxylic acids is 1. The van der Waals surface area contributed by atoms with Gasteiger partial charge < -0.3 is 10.0 Å². The van der Waals surface area contributed by atoms with Crippen LogP contribution in [0.2, 0.25) is 0 Å². The maximum Gasteiger partial charge on any atom is 0.309 e. The third kappa shape index (κ3) is 3.96. The van der Waals surface area contributed by atoms with Crippen LogP contribution in [0.15, 0.2) is 0 Å². The number of likely N-dealkylation sites (N-methyl/N-ethyl adjacent to an activating group) is 1. The highest BCUT2D eigenvalue weighted by Gasteiger charge is 2.37. The SMILES string of the molecule is CN(C(=O)CN1CCC(C)(C(=O)O)CC1)C1CCCCC1. The number of hydrogen-bond acceptors (Lipinski definition) is 3. The number of piperidine rings is 1. The Balaban J connectivity index is 1.80. The van der Waals surface area contributed by atoms with Crippen molar-refractivity contribution in [1.82, 2.24) is 9.80 Å². The van der Waals surface area contributed by atoms with Gasteiger partial charge >= 0.3 is 5.97 Å². The molecule has 0 unspecified atom stereocenters. The van der Waals surface area contributed by atoms with Gasteiger partial charge in [-0.25, -0.2) is 0 Å². The second-order valence-corrected chi connectivity index (χ2v) is 6.94. The number of carboxylic acids is 1. The fourth-order valence-corrected chi connectivity index (χ4v) is 3.39. The number of nitrogens with zero attached hydrogens (tertiary/aromatic N) is 2. The Morgan fingerprint density at radius 2 is 1.76 bits per heavy atom. The number of carboxylic acid groups (broad SMARTS) is 1. The summed E-state index contributed by atoms with van der Waals surface area (Å²) in [6.45, 7) is 3.64. The molecular formula is C16H28N2O3. The Hall–Kier alpha value is -1.10. The van der Waals surface area contributed by atoms with Gasteiger partial charge in [0.25, 0.3) is 0 Å². The Kier molecular flexibility index (Phi) is 5.25. The minimum absolute atomic E-state index is 0.181. The Bertz CT molecular complexity index is 383. The maximum atomic E-state index is 12.4. The van der Waals surface area contributed by atoms with Crippen LogP contribution in [0, 0.1) is 5.41 Å². The van der Waals surface area contributed by atoms with E-state index in [0.29, 0.717) is 38.5 Å². The Morgan fingerprint density at radius 1 is 1.19 bits per heavy atom. The van der Waals surface area contributed by atoms with E-state index in [-0.39, 0.29) is 5.91 Å². The van der Waals surface area contributed by atoms with Crippen LogP contribution >= 0.6 is 0 Å². The van der Waals surface area contributed by atoms with Gasteiger partial charge in [-0.2, -0.15) is 0 Å². The van der Waals surface area contributed by atoms with Crippen LogP contribution in [0.1, 0.15) is 51.9 Å². The van der Waals surface area contributed by atoms with Crippen LogP contribution in [0.3, 0.4) is 0 Å². The molecule has 0 aromatic heterocycles. The van der Waals surface area contributed by atoms with Gasteiger partial charge in [-0.3, -0.25) is 14.5 Å². The zero-order valence-electron chi connectivity index (χ0n) is 13.3. The molecule has 1 aliphatic heterocycles. The van der Waals surface area contributed by atoms with Crippen LogP contribution < -0.4 is 0 Å². The molecule has 2 fully saturated rings. The quantitative estimate of drug-likeness (QED) is 0.861. The molecule has 0 aromatic rings. The summed E-state index contributed by atoms with van der Waals surface area (Å²) in [5.74, 6) is -0.534. The average molecular weight is 296 g/mol. The molecule has 0 spiro atoms. The third-order valence-electron chi connectivity index (χ3n) is 5.35. The fraction of sp³-hybridized carbons (Fsp3) is 0.875. The van der Waals surface area contributed by atoms with Crippen molar-refractivity contribution in [2.45, 2.75) is 57.9 Å². The lowest BCUT2D eigenvalue weighted by Gasteiger charge is -2.38. The van der Waals surface area contributed by atoms with Crippen molar-refractivity contribution in [3.8, 4) is 0 Å². The summed E-state index contributed by atoms with van der Waals surface area (Å²) < 4.78 is 0. The summed E-state index contributed by atoms with van der Waals surface area (Å²) in [6, 6.07) is 0.403. The van der Waals surface area contributed by atoms with Gasteiger partial charge in [-0.05, 0) is 45.7 Å². The van der Waals surface area contributed by atoms with Gasteiger partial charge in [0.15, 0.2) is 0 Å². The number of carbonyl (C=O) groups is 2. The molecule has 1 saturated carbocycles. The van der Waals surface area contributed by atoms with Crippen molar-refractivity contribution in [3.05, 3.63) is 0 Å². The lowest BCUT2D eigenvalue weighted by Crippen LogP contribution is -2.48. The lowest BCUT2D eigenvalue weighted by molar-refractivity contribution is -0.151. The van der Waals surface area contributed by atoms with Gasteiger partial charge in [-0.1, -0.05) is 19.3 Å². The average Bonchev–Trinajstić information content (AvgIpc) is 2.49. The number of carbonyl (C=O) groups excluding carboxylic acids is 1. The van der Waals surface area contributed by atoms with E-state index in [2.05, 4.69) is 4.90 Å². The first-order valence-corrected chi connectivity index (χ1v) is 8.14. The van der Waals surface area contributed by atoms with Gasteiger partial charge in [0.2, 0.25) is 5.91 Å². The molecule has 0 bridgehead atoms. The predicted octanol–water partition coefficient (Wildman–Crippen LogP) is 1.96. The largest absolute Gasteiger partial charge is 0.481 e. The van der Waals surface area contributed by atoms with E-state index in [9.17, 15) is 14.7 Å². The smallest absolute Gasteiger partial charge is 0.309 e. The molecule has 0 aromatic carbocycles. The molecule has 2 rings (SSSR count). The van der Waals surface area contributed by atoms with Crippen LogP contribution in [-0.2, 0) is 9.59 Å². The summed E-state index contributed by atoms with van der Waals surface area (Å²) in [6.07, 6.45) is 7.24. The van der Waals surface area contributed by atoms with Crippen LogP contribution in [0.5, 0.6) is 0 Å². The fourth-order valence-electron chi connectivity index (χ4n) is 3.39. The molecule has 1 aliphatic carbocycles. The molecule has 21 heavy (non-hydrogen) atoms. The molecule has 5 heteroatoms. The molecule has 2 aliphatic rings.